The predicted molar refractivity (Wildman–Crippen MR) is 68.8 cm³/mol. The average molecular weight is 388 g/mol. The molecule has 7 unspecified atom stereocenters. The molecule has 0 bridgehead atoms. The van der Waals surface area contributed by atoms with Gasteiger partial charge in [0, 0.05) is 0 Å². The van der Waals surface area contributed by atoms with E-state index in [1.807, 2.05) is 4.90 Å². The van der Waals surface area contributed by atoms with Gasteiger partial charge < -0.3 is 0 Å². The molecule has 0 amide bonds. The number of hydrogen-bond donors (Lipinski definition) is 3. The van der Waals surface area contributed by atoms with Gasteiger partial charge in [-0.05, 0) is 0 Å². The summed E-state index contributed by atoms with van der Waals surface area (Å²) in [6.07, 6.45) is 1.83. The molecular weight excluding hydrogens is 373 g/mol. The third-order valence-corrected chi connectivity index (χ3v) is 6.08. The Labute approximate surface area is 126 Å². The molecule has 10 heteroatoms. The van der Waals surface area contributed by atoms with Crippen molar-refractivity contribution >= 4 is 34.6 Å². The number of rotatable bonds is 2. The minimum atomic E-state index is -1.26. The second-order valence-electron chi connectivity index (χ2n) is 5.08. The van der Waals surface area contributed by atoms with Crippen molar-refractivity contribution in [1.29, 1.82) is 0 Å². The fourth-order valence-corrected chi connectivity index (χ4v) is 5.26. The number of aliphatic hydroxyl groups excluding tert-OH is 1. The number of ether oxygens (including phenoxy) is 1. The van der Waals surface area contributed by atoms with E-state index in [0.29, 0.717) is 0 Å². The van der Waals surface area contributed by atoms with Crippen LogP contribution in [0.1, 0.15) is 0 Å². The van der Waals surface area contributed by atoms with Crippen molar-refractivity contribution in [2.75, 3.05) is 6.61 Å². The molecule has 4 aliphatic rings. The Morgan fingerprint density at radius 2 is 2.20 bits per heavy atom. The van der Waals surface area contributed by atoms with E-state index in [-0.39, 0.29) is 49.5 Å². The van der Waals surface area contributed by atoms with Gasteiger partial charge in [0.05, 0.1) is 0 Å². The first-order chi connectivity index (χ1) is 9.79. The van der Waals surface area contributed by atoms with Crippen molar-refractivity contribution in [3.63, 3.8) is 0 Å². The van der Waals surface area contributed by atoms with E-state index in [1.54, 1.807) is 12.7 Å². The van der Waals surface area contributed by atoms with Gasteiger partial charge in [-0.25, -0.2) is 0 Å². The Morgan fingerprint density at radius 1 is 1.35 bits per heavy atom. The fourth-order valence-electron chi connectivity index (χ4n) is 2.94. The summed E-state index contributed by atoms with van der Waals surface area (Å²) in [5.41, 5.74) is 5.97. The van der Waals surface area contributed by atoms with Gasteiger partial charge in [0.15, 0.2) is 0 Å². The van der Waals surface area contributed by atoms with Crippen LogP contribution in [0.2, 0.25) is 0 Å². The number of aliphatic imine (C=N–C) groups is 2. The van der Waals surface area contributed by atoms with E-state index < -0.39 is 22.0 Å². The first-order valence-corrected chi connectivity index (χ1v) is 8.79. The molecule has 4 rings (SSSR count). The summed E-state index contributed by atoms with van der Waals surface area (Å²) in [6.45, 7) is -0.0795. The molecule has 2 saturated heterocycles. The minimum absolute atomic E-state index is 0.0795. The number of nitrogens with zero attached hydrogens (tertiary/aromatic N) is 3. The fraction of sp³-hybridized carbons (Fsp3) is 0.800. The zero-order valence-corrected chi connectivity index (χ0v) is 13.3. The Balaban J connectivity index is 1.58. The zero-order valence-electron chi connectivity index (χ0n) is 10.5. The van der Waals surface area contributed by atoms with E-state index in [2.05, 4.69) is 15.3 Å². The molecule has 0 aliphatic carbocycles. The summed E-state index contributed by atoms with van der Waals surface area (Å²) in [6, 6.07) is -0.141. The molecule has 108 valence electrons. The van der Waals surface area contributed by atoms with Gasteiger partial charge in [0.25, 0.3) is 0 Å². The Bertz CT molecular complexity index is 451. The van der Waals surface area contributed by atoms with Crippen molar-refractivity contribution in [3.05, 3.63) is 0 Å². The summed E-state index contributed by atoms with van der Waals surface area (Å²) in [5.74, 6) is 0. The van der Waals surface area contributed by atoms with Crippen LogP contribution in [-0.4, -0.2) is 94.2 Å². The molecule has 0 aromatic heterocycles. The molecule has 4 aliphatic heterocycles. The topological polar surface area (TPSA) is 114 Å². The van der Waals surface area contributed by atoms with Gasteiger partial charge in [-0.3, -0.25) is 0 Å². The van der Waals surface area contributed by atoms with Crippen molar-refractivity contribution < 1.29 is 16.0 Å². The van der Waals surface area contributed by atoms with Crippen LogP contribution in [0.5, 0.6) is 0 Å². The van der Waals surface area contributed by atoms with Gasteiger partial charge in [-0.1, -0.05) is 0 Å². The Morgan fingerprint density at radius 3 is 3.05 bits per heavy atom. The van der Waals surface area contributed by atoms with Gasteiger partial charge in [0.1, 0.15) is 0 Å². The monoisotopic (exact) mass is 389 g/mol. The summed E-state index contributed by atoms with van der Waals surface area (Å²) in [5, 5.41) is 12.3. The summed E-state index contributed by atoms with van der Waals surface area (Å²) >= 11 is -1.26. The van der Waals surface area contributed by atoms with Crippen LogP contribution < -0.4 is 11.1 Å². The standard InChI is InChI=1S/C10H15N5O4.Sn/c11-8-5-9(13-2-12-8)15(3-14-5)10-7(18)6(17)4(1-16)19-10;/h2-10,16H,1,11H2,(H,12,13);/q-2;+2. The first-order valence-electron chi connectivity index (χ1n) is 6.46. The van der Waals surface area contributed by atoms with Gasteiger partial charge >= 0.3 is 126 Å². The average Bonchev–Trinajstić information content (AvgIpc) is 3.12. The molecule has 7 atom stereocenters. The van der Waals surface area contributed by atoms with Crippen molar-refractivity contribution in [3.8, 4) is 0 Å². The predicted octanol–water partition coefficient (Wildman–Crippen LogP) is -3.02. The van der Waals surface area contributed by atoms with E-state index in [9.17, 15) is 5.11 Å². The third kappa shape index (κ3) is 1.88. The van der Waals surface area contributed by atoms with Crippen LogP contribution in [0.4, 0.5) is 0 Å². The molecule has 9 nitrogen and oxygen atoms in total. The maximum absolute atomic E-state index is 9.39. The maximum atomic E-state index is 9.39. The summed E-state index contributed by atoms with van der Waals surface area (Å²) < 4.78 is 17.3. The molecular formula is C10H15N5O4Sn. The summed E-state index contributed by atoms with van der Waals surface area (Å²) in [7, 11) is 0. The SMILES string of the molecule is NC1NC=NC2C1N=CN2C1OC(CO)C2[O][Sn][O]C21. The normalized spacial score (nSPS) is 49.3. The van der Waals surface area contributed by atoms with E-state index in [1.165, 1.54) is 0 Å². The number of aliphatic hydroxyl groups is 1. The third-order valence-electron chi connectivity index (χ3n) is 3.97. The van der Waals surface area contributed by atoms with Crippen molar-refractivity contribution in [2.45, 2.75) is 42.9 Å². The quantitative estimate of drug-likeness (QED) is 0.432. The van der Waals surface area contributed by atoms with Crippen LogP contribution in [0.3, 0.4) is 0 Å². The van der Waals surface area contributed by atoms with Crippen LogP contribution in [0.15, 0.2) is 9.98 Å². The zero-order chi connectivity index (χ0) is 13.7. The van der Waals surface area contributed by atoms with Gasteiger partial charge in [0.2, 0.25) is 0 Å². The molecule has 0 aromatic rings. The van der Waals surface area contributed by atoms with Crippen molar-refractivity contribution in [2.24, 2.45) is 15.7 Å². The molecule has 0 saturated carbocycles. The molecule has 0 spiro atoms. The molecule has 0 aromatic carbocycles. The van der Waals surface area contributed by atoms with Crippen LogP contribution >= 0.6 is 0 Å². The van der Waals surface area contributed by atoms with E-state index >= 15 is 0 Å². The van der Waals surface area contributed by atoms with Crippen molar-refractivity contribution in [1.82, 2.24) is 10.2 Å². The summed E-state index contributed by atoms with van der Waals surface area (Å²) in [4.78, 5) is 10.7. The molecule has 4 heterocycles. The first kappa shape index (κ1) is 13.2. The molecule has 2 radical (unpaired) electrons. The van der Waals surface area contributed by atoms with E-state index in [0.717, 1.165) is 0 Å². The Hall–Kier alpha value is -0.461. The van der Waals surface area contributed by atoms with E-state index in [4.69, 9.17) is 16.6 Å². The van der Waals surface area contributed by atoms with Crippen LogP contribution in [0, 0.1) is 0 Å². The van der Waals surface area contributed by atoms with Crippen LogP contribution in [0.25, 0.3) is 0 Å². The second kappa shape index (κ2) is 5.07. The van der Waals surface area contributed by atoms with Gasteiger partial charge in [-0.2, -0.15) is 0 Å². The number of hydrogen-bond acceptors (Lipinski definition) is 9. The number of fused-ring (bicyclic) bond motifs is 2. The molecule has 20 heavy (non-hydrogen) atoms. The van der Waals surface area contributed by atoms with Gasteiger partial charge in [-0.15, -0.1) is 0 Å². The molecule has 4 N–H and O–H groups in total. The number of nitrogens with two attached hydrogens (primary N) is 1. The second-order valence-corrected chi connectivity index (χ2v) is 6.90. The molecule has 2 fully saturated rings. The number of nitrogens with one attached hydrogen (secondary N) is 1. The Kier molecular flexibility index (Phi) is 3.35. The van der Waals surface area contributed by atoms with Crippen LogP contribution in [-0.2, 0) is 10.9 Å².